The quantitative estimate of drug-likeness (QED) is 0.783. The lowest BCUT2D eigenvalue weighted by atomic mass is 9.88. The number of carboxylic acid groups (broad SMARTS) is 1. The van der Waals surface area contributed by atoms with Crippen molar-refractivity contribution in [2.24, 2.45) is 5.92 Å². The molecule has 0 radical (unpaired) electrons. The monoisotopic (exact) mass is 281 g/mol. The summed E-state index contributed by atoms with van der Waals surface area (Å²) < 4.78 is 0. The molecule has 0 heterocycles. The highest BCUT2D eigenvalue weighted by Crippen LogP contribution is 2.31. The van der Waals surface area contributed by atoms with Crippen molar-refractivity contribution in [1.82, 2.24) is 0 Å². The topological polar surface area (TPSA) is 49.3 Å². The van der Waals surface area contributed by atoms with Gasteiger partial charge in [-0.15, -0.1) is 0 Å². The van der Waals surface area contributed by atoms with Crippen molar-refractivity contribution in [2.75, 3.05) is 5.32 Å². The molecule has 2 N–H and O–H groups in total. The van der Waals surface area contributed by atoms with Crippen molar-refractivity contribution in [3.8, 4) is 0 Å². The van der Waals surface area contributed by atoms with Crippen LogP contribution in [0.15, 0.2) is 72.8 Å². The fraction of sp³-hybridized carbons (Fsp3) is 0.167. The summed E-state index contributed by atoms with van der Waals surface area (Å²) in [6.07, 6.45) is 0. The Kier molecular flexibility index (Phi) is 4.77. The molecule has 2 aromatic carbocycles. The molecule has 3 heteroatoms. The highest BCUT2D eigenvalue weighted by molar-refractivity contribution is 5.75. The predicted molar refractivity (Wildman–Crippen MR) is 85.2 cm³/mol. The summed E-state index contributed by atoms with van der Waals surface area (Å²) in [5, 5.41) is 12.9. The molecule has 2 rings (SSSR count). The van der Waals surface area contributed by atoms with E-state index in [1.807, 2.05) is 60.7 Å². The molecule has 0 saturated carbocycles. The first-order chi connectivity index (χ1) is 10.1. The Labute approximate surface area is 124 Å². The van der Waals surface area contributed by atoms with Crippen molar-refractivity contribution in [3.05, 3.63) is 78.4 Å². The molecule has 2 atom stereocenters. The Balaban J connectivity index is 2.39. The van der Waals surface area contributed by atoms with Crippen LogP contribution in [0.5, 0.6) is 0 Å². The first-order valence-electron chi connectivity index (χ1n) is 6.84. The van der Waals surface area contributed by atoms with E-state index in [1.165, 1.54) is 0 Å². The lowest BCUT2D eigenvalue weighted by Crippen LogP contribution is -2.28. The highest BCUT2D eigenvalue weighted by atomic mass is 16.4. The fourth-order valence-corrected chi connectivity index (χ4v) is 2.37. The predicted octanol–water partition coefficient (Wildman–Crippen LogP) is 4.12. The molecule has 0 bridgehead atoms. The summed E-state index contributed by atoms with van der Waals surface area (Å²) in [6.45, 7) is 5.60. The Hall–Kier alpha value is -2.55. The summed E-state index contributed by atoms with van der Waals surface area (Å²) in [7, 11) is 0. The molecule has 0 fully saturated rings. The molecule has 0 saturated heterocycles. The third-order valence-corrected chi connectivity index (χ3v) is 3.38. The SMILES string of the molecule is C=C(C)[C@@H](C(=O)O)[C@H](Nc1ccccc1)c1ccccc1. The van der Waals surface area contributed by atoms with Crippen molar-refractivity contribution < 1.29 is 9.90 Å². The number of hydrogen-bond donors (Lipinski definition) is 2. The normalized spacial score (nSPS) is 13.2. The lowest BCUT2D eigenvalue weighted by Gasteiger charge is -2.27. The van der Waals surface area contributed by atoms with E-state index >= 15 is 0 Å². The van der Waals surface area contributed by atoms with Crippen LogP contribution in [-0.2, 0) is 4.79 Å². The van der Waals surface area contributed by atoms with Gasteiger partial charge in [-0.1, -0.05) is 60.7 Å². The average Bonchev–Trinajstić information content (AvgIpc) is 2.48. The fourth-order valence-electron chi connectivity index (χ4n) is 2.37. The van der Waals surface area contributed by atoms with E-state index < -0.39 is 11.9 Å². The summed E-state index contributed by atoms with van der Waals surface area (Å²) in [4.78, 5) is 11.6. The lowest BCUT2D eigenvalue weighted by molar-refractivity contribution is -0.140. The van der Waals surface area contributed by atoms with E-state index in [4.69, 9.17) is 0 Å². The Morgan fingerprint density at radius 3 is 2.05 bits per heavy atom. The Morgan fingerprint density at radius 1 is 1.05 bits per heavy atom. The number of carbonyl (C=O) groups is 1. The van der Waals surface area contributed by atoms with Crippen molar-refractivity contribution in [2.45, 2.75) is 13.0 Å². The van der Waals surface area contributed by atoms with Crippen molar-refractivity contribution in [1.29, 1.82) is 0 Å². The van der Waals surface area contributed by atoms with Gasteiger partial charge in [0.05, 0.1) is 6.04 Å². The molecule has 0 spiro atoms. The van der Waals surface area contributed by atoms with Gasteiger partial charge in [-0.05, 0) is 24.6 Å². The van der Waals surface area contributed by atoms with E-state index in [0.717, 1.165) is 11.3 Å². The van der Waals surface area contributed by atoms with E-state index in [0.29, 0.717) is 5.57 Å². The average molecular weight is 281 g/mol. The number of hydrogen-bond acceptors (Lipinski definition) is 2. The Bertz CT molecular complexity index is 594. The highest BCUT2D eigenvalue weighted by Gasteiger charge is 2.30. The standard InChI is InChI=1S/C18H19NO2/c1-13(2)16(18(20)21)17(14-9-5-3-6-10-14)19-15-11-7-4-8-12-15/h3-12,16-17,19H,1H2,2H3,(H,20,21)/t16-,17-/m1/s1. The van der Waals surface area contributed by atoms with Gasteiger partial charge in [0.2, 0.25) is 0 Å². The summed E-state index contributed by atoms with van der Waals surface area (Å²) >= 11 is 0. The van der Waals surface area contributed by atoms with Gasteiger partial charge in [0, 0.05) is 5.69 Å². The van der Waals surface area contributed by atoms with Gasteiger partial charge in [0.1, 0.15) is 5.92 Å². The van der Waals surface area contributed by atoms with Gasteiger partial charge in [0.15, 0.2) is 0 Å². The molecule has 0 aromatic heterocycles. The largest absolute Gasteiger partial charge is 0.481 e. The minimum Gasteiger partial charge on any atom is -0.481 e. The van der Waals surface area contributed by atoms with Crippen LogP contribution in [0.2, 0.25) is 0 Å². The zero-order valence-electron chi connectivity index (χ0n) is 12.0. The smallest absolute Gasteiger partial charge is 0.313 e. The van der Waals surface area contributed by atoms with E-state index in [9.17, 15) is 9.90 Å². The van der Waals surface area contributed by atoms with Gasteiger partial charge in [-0.3, -0.25) is 4.79 Å². The third kappa shape index (κ3) is 3.72. The van der Waals surface area contributed by atoms with Gasteiger partial charge >= 0.3 is 5.97 Å². The van der Waals surface area contributed by atoms with Crippen molar-refractivity contribution in [3.63, 3.8) is 0 Å². The van der Waals surface area contributed by atoms with Crippen LogP contribution in [0.1, 0.15) is 18.5 Å². The first kappa shape index (κ1) is 14.9. The number of anilines is 1. The molecule has 0 aliphatic rings. The van der Waals surface area contributed by atoms with Crippen LogP contribution >= 0.6 is 0 Å². The summed E-state index contributed by atoms with van der Waals surface area (Å²) in [6, 6.07) is 18.8. The van der Waals surface area contributed by atoms with Gasteiger partial charge in [-0.25, -0.2) is 0 Å². The maximum Gasteiger partial charge on any atom is 0.313 e. The van der Waals surface area contributed by atoms with Crippen LogP contribution < -0.4 is 5.32 Å². The zero-order valence-corrected chi connectivity index (χ0v) is 12.0. The number of aliphatic carboxylic acids is 1. The molecular weight excluding hydrogens is 262 g/mol. The molecule has 0 amide bonds. The summed E-state index contributed by atoms with van der Waals surface area (Å²) in [5.41, 5.74) is 2.44. The van der Waals surface area contributed by atoms with Gasteiger partial charge in [-0.2, -0.15) is 0 Å². The third-order valence-electron chi connectivity index (χ3n) is 3.38. The second kappa shape index (κ2) is 6.75. The zero-order chi connectivity index (χ0) is 15.2. The number of carboxylic acids is 1. The van der Waals surface area contributed by atoms with E-state index in [2.05, 4.69) is 11.9 Å². The van der Waals surface area contributed by atoms with Crippen LogP contribution in [0.3, 0.4) is 0 Å². The van der Waals surface area contributed by atoms with Crippen molar-refractivity contribution >= 4 is 11.7 Å². The number of para-hydroxylation sites is 1. The van der Waals surface area contributed by atoms with Crippen LogP contribution in [0, 0.1) is 5.92 Å². The van der Waals surface area contributed by atoms with Crippen LogP contribution in [0.4, 0.5) is 5.69 Å². The molecule has 108 valence electrons. The molecule has 21 heavy (non-hydrogen) atoms. The number of nitrogens with one attached hydrogen (secondary N) is 1. The molecular formula is C18H19NO2. The maximum atomic E-state index is 11.6. The number of rotatable bonds is 6. The van der Waals surface area contributed by atoms with Gasteiger partial charge in [0.25, 0.3) is 0 Å². The van der Waals surface area contributed by atoms with Gasteiger partial charge < -0.3 is 10.4 Å². The molecule has 0 aliphatic carbocycles. The molecule has 2 aromatic rings. The Morgan fingerprint density at radius 2 is 1.57 bits per heavy atom. The van der Waals surface area contributed by atoms with E-state index in [1.54, 1.807) is 6.92 Å². The minimum absolute atomic E-state index is 0.358. The van der Waals surface area contributed by atoms with E-state index in [-0.39, 0.29) is 6.04 Å². The van der Waals surface area contributed by atoms with Crippen LogP contribution in [0.25, 0.3) is 0 Å². The molecule has 0 aliphatic heterocycles. The second-order valence-corrected chi connectivity index (χ2v) is 5.06. The molecule has 0 unspecified atom stereocenters. The minimum atomic E-state index is -0.875. The van der Waals surface area contributed by atoms with Crippen LogP contribution in [-0.4, -0.2) is 11.1 Å². The molecule has 3 nitrogen and oxygen atoms in total. The maximum absolute atomic E-state index is 11.6. The first-order valence-corrected chi connectivity index (χ1v) is 6.84. The second-order valence-electron chi connectivity index (χ2n) is 5.06. The summed E-state index contributed by atoms with van der Waals surface area (Å²) in [5.74, 6) is -1.56. The number of benzene rings is 2.